The van der Waals surface area contributed by atoms with Gasteiger partial charge in [0, 0.05) is 13.1 Å². The molecule has 1 aliphatic carbocycles. The van der Waals surface area contributed by atoms with Crippen LogP contribution < -0.4 is 0 Å². The van der Waals surface area contributed by atoms with Gasteiger partial charge in [-0.15, -0.1) is 0 Å². The molecular weight excluding hydrogens is 310 g/mol. The Kier molecular flexibility index (Phi) is 3.98. The minimum atomic E-state index is -0.572. The van der Waals surface area contributed by atoms with Gasteiger partial charge in [-0.3, -0.25) is 4.90 Å². The van der Waals surface area contributed by atoms with Crippen molar-refractivity contribution in [3.8, 4) is 0 Å². The fourth-order valence-electron chi connectivity index (χ4n) is 3.50. The fraction of sp³-hybridized carbons (Fsp3) is 0.714. The average Bonchev–Trinajstić information content (AvgIpc) is 3.08. The van der Waals surface area contributed by atoms with Crippen molar-refractivity contribution in [3.63, 3.8) is 0 Å². The van der Waals surface area contributed by atoms with Gasteiger partial charge in [0.15, 0.2) is 0 Å². The Morgan fingerprint density at radius 3 is 2.53 bits per heavy atom. The van der Waals surface area contributed by atoms with Crippen LogP contribution in [0.25, 0.3) is 0 Å². The third-order valence-corrected chi connectivity index (χ3v) is 5.17. The standard InChI is InChI=1S/C14H20BrNO3/c15-11-3-8-19-12(11)13(17)14(4-1-2-5-14)16-6-9-18-10-7-16/h3,8,13,17H,1-2,4-7,9-10H2. The zero-order valence-electron chi connectivity index (χ0n) is 11.0. The number of aliphatic hydroxyl groups excluding tert-OH is 1. The monoisotopic (exact) mass is 329 g/mol. The lowest BCUT2D eigenvalue weighted by Crippen LogP contribution is -2.55. The van der Waals surface area contributed by atoms with Gasteiger partial charge in [0.1, 0.15) is 11.9 Å². The molecule has 1 aliphatic heterocycles. The van der Waals surface area contributed by atoms with Crippen molar-refractivity contribution in [1.29, 1.82) is 0 Å². The molecule has 1 saturated carbocycles. The van der Waals surface area contributed by atoms with Crippen LogP contribution in [0, 0.1) is 0 Å². The van der Waals surface area contributed by atoms with Crippen LogP contribution in [0.15, 0.2) is 21.2 Å². The first-order valence-electron chi connectivity index (χ1n) is 6.98. The highest BCUT2D eigenvalue weighted by Crippen LogP contribution is 2.46. The van der Waals surface area contributed by atoms with E-state index in [0.717, 1.165) is 43.6 Å². The number of furan rings is 1. The predicted octanol–water partition coefficient (Wildman–Crippen LogP) is 2.72. The normalized spacial score (nSPS) is 25.6. The second-order valence-electron chi connectivity index (χ2n) is 5.45. The highest BCUT2D eigenvalue weighted by atomic mass is 79.9. The van der Waals surface area contributed by atoms with Crippen LogP contribution in [0.4, 0.5) is 0 Å². The van der Waals surface area contributed by atoms with E-state index in [1.165, 1.54) is 12.8 Å². The van der Waals surface area contributed by atoms with Crippen LogP contribution in [-0.2, 0) is 4.74 Å². The molecule has 1 aromatic rings. The molecule has 2 aliphatic rings. The van der Waals surface area contributed by atoms with E-state index < -0.39 is 6.10 Å². The number of rotatable bonds is 3. The van der Waals surface area contributed by atoms with Gasteiger partial charge in [-0.1, -0.05) is 12.8 Å². The SMILES string of the molecule is OC(c1occc1Br)C1(N2CCOCC2)CCCC1. The maximum absolute atomic E-state index is 10.9. The third-order valence-electron chi connectivity index (χ3n) is 4.51. The van der Waals surface area contributed by atoms with Crippen LogP contribution >= 0.6 is 15.9 Å². The molecule has 1 saturated heterocycles. The first kappa shape index (κ1) is 13.6. The zero-order valence-corrected chi connectivity index (χ0v) is 12.6. The van der Waals surface area contributed by atoms with Crippen molar-refractivity contribution in [2.45, 2.75) is 37.3 Å². The smallest absolute Gasteiger partial charge is 0.148 e. The molecule has 0 spiro atoms. The van der Waals surface area contributed by atoms with E-state index in [1.54, 1.807) is 6.26 Å². The van der Waals surface area contributed by atoms with Crippen molar-refractivity contribution in [1.82, 2.24) is 4.90 Å². The Morgan fingerprint density at radius 1 is 1.26 bits per heavy atom. The Morgan fingerprint density at radius 2 is 1.95 bits per heavy atom. The number of hydrogen-bond acceptors (Lipinski definition) is 4. The fourth-order valence-corrected chi connectivity index (χ4v) is 3.92. The molecule has 4 nitrogen and oxygen atoms in total. The molecule has 1 N–H and O–H groups in total. The van der Waals surface area contributed by atoms with Gasteiger partial charge in [-0.25, -0.2) is 0 Å². The van der Waals surface area contributed by atoms with E-state index in [1.807, 2.05) is 6.07 Å². The second-order valence-corrected chi connectivity index (χ2v) is 6.30. The number of nitrogens with zero attached hydrogens (tertiary/aromatic N) is 1. The van der Waals surface area contributed by atoms with Gasteiger partial charge in [0.2, 0.25) is 0 Å². The first-order valence-corrected chi connectivity index (χ1v) is 7.77. The topological polar surface area (TPSA) is 45.8 Å². The molecule has 1 aromatic heterocycles. The lowest BCUT2D eigenvalue weighted by Gasteiger charge is -2.45. The Labute approximate surface area is 121 Å². The Hall–Kier alpha value is -0.360. The summed E-state index contributed by atoms with van der Waals surface area (Å²) in [5.74, 6) is 0.661. The molecule has 19 heavy (non-hydrogen) atoms. The summed E-state index contributed by atoms with van der Waals surface area (Å²) in [5.41, 5.74) is -0.176. The molecule has 2 heterocycles. The summed E-state index contributed by atoms with van der Waals surface area (Å²) in [4.78, 5) is 2.41. The summed E-state index contributed by atoms with van der Waals surface area (Å²) < 4.78 is 11.8. The summed E-state index contributed by atoms with van der Waals surface area (Å²) in [6.45, 7) is 3.31. The van der Waals surface area contributed by atoms with Gasteiger partial charge in [0.25, 0.3) is 0 Å². The largest absolute Gasteiger partial charge is 0.465 e. The van der Waals surface area contributed by atoms with Crippen molar-refractivity contribution >= 4 is 15.9 Å². The summed E-state index contributed by atoms with van der Waals surface area (Å²) >= 11 is 3.47. The molecule has 5 heteroatoms. The lowest BCUT2D eigenvalue weighted by atomic mass is 9.86. The van der Waals surface area contributed by atoms with Crippen molar-refractivity contribution in [2.75, 3.05) is 26.3 Å². The van der Waals surface area contributed by atoms with Crippen LogP contribution in [0.3, 0.4) is 0 Å². The molecule has 3 rings (SSSR count). The maximum atomic E-state index is 10.9. The molecule has 0 radical (unpaired) electrons. The van der Waals surface area contributed by atoms with E-state index in [2.05, 4.69) is 20.8 Å². The van der Waals surface area contributed by atoms with Crippen LogP contribution in [0.1, 0.15) is 37.5 Å². The lowest BCUT2D eigenvalue weighted by molar-refractivity contribution is -0.0835. The van der Waals surface area contributed by atoms with E-state index in [0.29, 0.717) is 5.76 Å². The number of aliphatic hydroxyl groups is 1. The van der Waals surface area contributed by atoms with E-state index in [4.69, 9.17) is 9.15 Å². The van der Waals surface area contributed by atoms with Gasteiger partial charge in [0.05, 0.1) is 29.5 Å². The summed E-state index contributed by atoms with van der Waals surface area (Å²) in [6, 6.07) is 1.85. The number of ether oxygens (including phenoxy) is 1. The quantitative estimate of drug-likeness (QED) is 0.926. The molecular formula is C14H20BrNO3. The summed E-state index contributed by atoms with van der Waals surface area (Å²) in [6.07, 6.45) is 5.46. The van der Waals surface area contributed by atoms with E-state index in [9.17, 15) is 5.11 Å². The molecule has 0 bridgehead atoms. The van der Waals surface area contributed by atoms with Crippen molar-refractivity contribution < 1.29 is 14.3 Å². The molecule has 1 unspecified atom stereocenters. The van der Waals surface area contributed by atoms with Gasteiger partial charge < -0.3 is 14.3 Å². The molecule has 2 fully saturated rings. The Bertz CT molecular complexity index is 422. The van der Waals surface area contributed by atoms with Crippen LogP contribution in [0.5, 0.6) is 0 Å². The van der Waals surface area contributed by atoms with Gasteiger partial charge in [-0.2, -0.15) is 0 Å². The maximum Gasteiger partial charge on any atom is 0.148 e. The molecule has 1 atom stereocenters. The first-order chi connectivity index (χ1) is 9.24. The summed E-state index contributed by atoms with van der Waals surface area (Å²) in [5, 5.41) is 10.9. The number of halogens is 1. The van der Waals surface area contributed by atoms with Crippen molar-refractivity contribution in [3.05, 3.63) is 22.6 Å². The second kappa shape index (κ2) is 5.56. The molecule has 0 amide bonds. The third kappa shape index (κ3) is 2.37. The highest BCUT2D eigenvalue weighted by molar-refractivity contribution is 9.10. The minimum absolute atomic E-state index is 0.176. The molecule has 106 valence electrons. The number of morpholine rings is 1. The average molecular weight is 330 g/mol. The van der Waals surface area contributed by atoms with Crippen LogP contribution in [-0.4, -0.2) is 41.8 Å². The molecule has 0 aromatic carbocycles. The van der Waals surface area contributed by atoms with Crippen molar-refractivity contribution in [2.24, 2.45) is 0 Å². The zero-order chi connectivity index (χ0) is 13.3. The number of hydrogen-bond donors (Lipinski definition) is 1. The summed E-state index contributed by atoms with van der Waals surface area (Å²) in [7, 11) is 0. The van der Waals surface area contributed by atoms with E-state index >= 15 is 0 Å². The van der Waals surface area contributed by atoms with Crippen LogP contribution in [0.2, 0.25) is 0 Å². The van der Waals surface area contributed by atoms with E-state index in [-0.39, 0.29) is 5.54 Å². The minimum Gasteiger partial charge on any atom is -0.465 e. The highest BCUT2D eigenvalue weighted by Gasteiger charge is 2.48. The Balaban J connectivity index is 1.89. The van der Waals surface area contributed by atoms with Gasteiger partial charge in [-0.05, 0) is 34.8 Å². The van der Waals surface area contributed by atoms with Gasteiger partial charge >= 0.3 is 0 Å². The predicted molar refractivity (Wildman–Crippen MR) is 75.0 cm³/mol.